The van der Waals surface area contributed by atoms with E-state index in [-0.39, 0.29) is 5.78 Å². The Kier molecular flexibility index (Phi) is 2.11. The summed E-state index contributed by atoms with van der Waals surface area (Å²) >= 11 is 0. The molecule has 0 fully saturated rings. The van der Waals surface area contributed by atoms with Gasteiger partial charge in [0.1, 0.15) is 17.1 Å². The molecule has 0 amide bonds. The Morgan fingerprint density at radius 2 is 2.50 bits per heavy atom. The topological polar surface area (TPSA) is 44.1 Å². The van der Waals surface area contributed by atoms with Crippen LogP contribution in [-0.2, 0) is 11.3 Å². The van der Waals surface area contributed by atoms with Crippen LogP contribution in [0.25, 0.3) is 5.76 Å². The van der Waals surface area contributed by atoms with Crippen LogP contribution in [0.2, 0.25) is 0 Å². The third-order valence-electron chi connectivity index (χ3n) is 2.37. The first-order valence-corrected chi connectivity index (χ1v) is 4.56. The lowest BCUT2D eigenvalue weighted by atomic mass is 10.1. The maximum absolute atomic E-state index is 11.5. The Morgan fingerprint density at radius 3 is 3.14 bits per heavy atom. The van der Waals surface area contributed by atoms with E-state index in [0.717, 1.165) is 13.0 Å². The number of aromatic nitrogens is 2. The van der Waals surface area contributed by atoms with Crippen LogP contribution >= 0.6 is 0 Å². The number of rotatable bonds is 2. The molecule has 4 nitrogen and oxygen atoms in total. The van der Waals surface area contributed by atoms with Gasteiger partial charge in [-0.2, -0.15) is 5.10 Å². The van der Waals surface area contributed by atoms with Gasteiger partial charge in [-0.05, 0) is 12.5 Å². The number of nitrogens with zero attached hydrogens (tertiary/aromatic N) is 2. The second-order valence-electron chi connectivity index (χ2n) is 3.29. The van der Waals surface area contributed by atoms with Gasteiger partial charge in [0.2, 0.25) is 0 Å². The molecular weight excluding hydrogens is 180 g/mol. The lowest BCUT2D eigenvalue weighted by molar-refractivity contribution is 0.0951. The minimum absolute atomic E-state index is 0.152. The van der Waals surface area contributed by atoms with Crippen LogP contribution in [0, 0.1) is 0 Å². The van der Waals surface area contributed by atoms with Gasteiger partial charge in [0.15, 0.2) is 5.78 Å². The normalized spacial score (nSPS) is 15.1. The molecule has 1 aromatic heterocycles. The lowest BCUT2D eigenvalue weighted by Gasteiger charge is -2.10. The second kappa shape index (κ2) is 3.29. The van der Waals surface area contributed by atoms with E-state index in [1.54, 1.807) is 17.9 Å². The highest BCUT2D eigenvalue weighted by molar-refractivity contribution is 5.95. The molecule has 0 bridgehead atoms. The molecule has 1 aromatic rings. The van der Waals surface area contributed by atoms with Gasteiger partial charge in [-0.25, -0.2) is 0 Å². The molecule has 0 N–H and O–H groups in total. The van der Waals surface area contributed by atoms with E-state index in [0.29, 0.717) is 23.6 Å². The van der Waals surface area contributed by atoms with Gasteiger partial charge in [-0.3, -0.25) is 9.48 Å². The average molecular weight is 192 g/mol. The number of fused-ring (bicyclic) bond motifs is 1. The van der Waals surface area contributed by atoms with Gasteiger partial charge in [-0.15, -0.1) is 0 Å². The maximum Gasteiger partial charge on any atom is 0.180 e. The molecule has 0 spiro atoms. The van der Waals surface area contributed by atoms with Crippen LogP contribution in [0.5, 0.6) is 0 Å². The van der Waals surface area contributed by atoms with Gasteiger partial charge in [0.25, 0.3) is 0 Å². The fourth-order valence-corrected chi connectivity index (χ4v) is 1.57. The highest BCUT2D eigenvalue weighted by Gasteiger charge is 2.20. The van der Waals surface area contributed by atoms with Gasteiger partial charge in [-0.1, -0.05) is 6.58 Å². The second-order valence-corrected chi connectivity index (χ2v) is 3.29. The van der Waals surface area contributed by atoms with Crippen LogP contribution in [0.15, 0.2) is 12.6 Å². The van der Waals surface area contributed by atoms with Gasteiger partial charge >= 0.3 is 0 Å². The van der Waals surface area contributed by atoms with Crippen molar-refractivity contribution in [2.24, 2.45) is 0 Å². The van der Waals surface area contributed by atoms with Crippen molar-refractivity contribution in [2.75, 3.05) is 7.11 Å². The zero-order chi connectivity index (χ0) is 10.1. The summed E-state index contributed by atoms with van der Waals surface area (Å²) < 4.78 is 6.70. The summed E-state index contributed by atoms with van der Waals surface area (Å²) in [6, 6.07) is 1.74. The monoisotopic (exact) mass is 192 g/mol. The predicted octanol–water partition coefficient (Wildman–Crippen LogP) is 1.48. The van der Waals surface area contributed by atoms with E-state index in [9.17, 15) is 4.79 Å². The quantitative estimate of drug-likeness (QED) is 0.666. The summed E-state index contributed by atoms with van der Waals surface area (Å²) in [6.45, 7) is 4.51. The van der Waals surface area contributed by atoms with Crippen LogP contribution in [0.1, 0.15) is 29.0 Å². The van der Waals surface area contributed by atoms with Crippen molar-refractivity contribution in [2.45, 2.75) is 19.4 Å². The fourth-order valence-electron chi connectivity index (χ4n) is 1.57. The fraction of sp³-hybridized carbons (Fsp3) is 0.400. The number of hydrogen-bond acceptors (Lipinski definition) is 3. The van der Waals surface area contributed by atoms with Crippen molar-refractivity contribution in [3.8, 4) is 0 Å². The number of Topliss-reactive ketones (excluding diaryl/α,β-unsaturated/α-hetero) is 1. The van der Waals surface area contributed by atoms with E-state index in [1.807, 2.05) is 0 Å². The summed E-state index contributed by atoms with van der Waals surface area (Å²) in [5.41, 5.74) is 1.32. The van der Waals surface area contributed by atoms with E-state index in [4.69, 9.17) is 4.74 Å². The zero-order valence-electron chi connectivity index (χ0n) is 8.12. The number of ketones is 1. The molecule has 2 rings (SSSR count). The Labute approximate surface area is 82.2 Å². The summed E-state index contributed by atoms with van der Waals surface area (Å²) in [5.74, 6) is 0.651. The Morgan fingerprint density at radius 1 is 1.71 bits per heavy atom. The average Bonchev–Trinajstić information content (AvgIpc) is 2.62. The largest absolute Gasteiger partial charge is 0.495 e. The molecule has 4 heteroatoms. The SMILES string of the molecule is C=C(OC)c1cc2n(n1)CCCC2=O. The number of hydrogen-bond donors (Lipinski definition) is 0. The smallest absolute Gasteiger partial charge is 0.180 e. The predicted molar refractivity (Wildman–Crippen MR) is 51.8 cm³/mol. The number of aryl methyl sites for hydroxylation is 1. The van der Waals surface area contributed by atoms with Gasteiger partial charge in [0.05, 0.1) is 7.11 Å². The minimum Gasteiger partial charge on any atom is -0.495 e. The molecule has 14 heavy (non-hydrogen) atoms. The van der Waals surface area contributed by atoms with E-state index in [1.165, 1.54) is 0 Å². The molecule has 74 valence electrons. The Balaban J connectivity index is 2.40. The molecule has 0 radical (unpaired) electrons. The van der Waals surface area contributed by atoms with Crippen LogP contribution in [0.3, 0.4) is 0 Å². The molecule has 0 aliphatic carbocycles. The first kappa shape index (κ1) is 8.99. The lowest BCUT2D eigenvalue weighted by Crippen LogP contribution is -2.16. The summed E-state index contributed by atoms with van der Waals surface area (Å²) in [6.07, 6.45) is 1.48. The van der Waals surface area contributed by atoms with E-state index >= 15 is 0 Å². The van der Waals surface area contributed by atoms with Crippen molar-refractivity contribution in [1.82, 2.24) is 9.78 Å². The van der Waals surface area contributed by atoms with Crippen LogP contribution < -0.4 is 0 Å². The van der Waals surface area contributed by atoms with Gasteiger partial charge in [0, 0.05) is 13.0 Å². The third-order valence-corrected chi connectivity index (χ3v) is 2.37. The third kappa shape index (κ3) is 1.32. The summed E-state index contributed by atoms with van der Waals surface area (Å²) in [7, 11) is 1.54. The molecule has 0 saturated carbocycles. The van der Waals surface area contributed by atoms with Crippen molar-refractivity contribution >= 4 is 11.5 Å². The highest BCUT2D eigenvalue weighted by Crippen LogP contribution is 2.19. The molecule has 0 unspecified atom stereocenters. The molecule has 0 atom stereocenters. The maximum atomic E-state index is 11.5. The molecule has 0 aromatic carbocycles. The van der Waals surface area contributed by atoms with E-state index < -0.39 is 0 Å². The number of carbonyl (C=O) groups is 1. The van der Waals surface area contributed by atoms with Gasteiger partial charge < -0.3 is 4.74 Å². The number of carbonyl (C=O) groups excluding carboxylic acids is 1. The highest BCUT2D eigenvalue weighted by atomic mass is 16.5. The molecular formula is C10H12N2O2. The Hall–Kier alpha value is -1.58. The van der Waals surface area contributed by atoms with Crippen molar-refractivity contribution in [3.63, 3.8) is 0 Å². The molecule has 1 aliphatic heterocycles. The molecule has 2 heterocycles. The zero-order valence-corrected chi connectivity index (χ0v) is 8.12. The molecule has 0 saturated heterocycles. The van der Waals surface area contributed by atoms with Crippen molar-refractivity contribution in [3.05, 3.63) is 24.0 Å². The first-order valence-electron chi connectivity index (χ1n) is 4.56. The summed E-state index contributed by atoms with van der Waals surface area (Å²) in [5, 5.41) is 4.24. The number of methoxy groups -OCH3 is 1. The van der Waals surface area contributed by atoms with Crippen LogP contribution in [-0.4, -0.2) is 22.7 Å². The van der Waals surface area contributed by atoms with Crippen molar-refractivity contribution in [1.29, 1.82) is 0 Å². The minimum atomic E-state index is 0.152. The van der Waals surface area contributed by atoms with Crippen LogP contribution in [0.4, 0.5) is 0 Å². The van der Waals surface area contributed by atoms with Crippen molar-refractivity contribution < 1.29 is 9.53 Å². The number of ether oxygens (including phenoxy) is 1. The summed E-state index contributed by atoms with van der Waals surface area (Å²) in [4.78, 5) is 11.5. The Bertz CT molecular complexity index is 393. The molecule has 1 aliphatic rings. The van der Waals surface area contributed by atoms with E-state index in [2.05, 4.69) is 11.7 Å². The first-order chi connectivity index (χ1) is 6.72. The standard InChI is InChI=1S/C10H12N2O2/c1-7(14-2)8-6-9-10(13)4-3-5-12(9)11-8/h6H,1,3-5H2,2H3.